The Morgan fingerprint density at radius 3 is 2.79 bits per heavy atom. The van der Waals surface area contributed by atoms with Crippen LogP contribution < -0.4 is 5.43 Å². The van der Waals surface area contributed by atoms with Crippen LogP contribution in [0.4, 0.5) is 0 Å². The lowest BCUT2D eigenvalue weighted by molar-refractivity contribution is 0.101. The summed E-state index contributed by atoms with van der Waals surface area (Å²) in [5.41, 5.74) is 1.57. The van der Waals surface area contributed by atoms with Crippen LogP contribution in [-0.4, -0.2) is 21.1 Å². The van der Waals surface area contributed by atoms with E-state index in [-0.39, 0.29) is 16.8 Å². The Morgan fingerprint density at radius 2 is 2.17 bits per heavy atom. The number of Topliss-reactive ketones (excluding diaryl/α,β-unsaturated/α-hetero) is 1. The zero-order chi connectivity index (χ0) is 17.4. The number of carbonyl (C=O) groups excluding carboxylic acids is 1. The van der Waals surface area contributed by atoms with Crippen LogP contribution in [-0.2, 0) is 5.75 Å². The van der Waals surface area contributed by atoms with Crippen molar-refractivity contribution in [3.8, 4) is 0 Å². The summed E-state index contributed by atoms with van der Waals surface area (Å²) in [7, 11) is 0. The van der Waals surface area contributed by atoms with Crippen molar-refractivity contribution in [3.05, 3.63) is 48.8 Å². The third kappa shape index (κ3) is 3.01. The van der Waals surface area contributed by atoms with Crippen molar-refractivity contribution in [3.63, 3.8) is 0 Å². The lowest BCUT2D eigenvalue weighted by Gasteiger charge is -2.10. The highest BCUT2D eigenvalue weighted by Crippen LogP contribution is 2.31. The van der Waals surface area contributed by atoms with E-state index >= 15 is 0 Å². The molecule has 0 radical (unpaired) electrons. The molecule has 0 amide bonds. The molecule has 3 rings (SSSR count). The maximum atomic E-state index is 12.8. The molecule has 0 spiro atoms. The van der Waals surface area contributed by atoms with Crippen LogP contribution in [0.1, 0.15) is 28.7 Å². The number of hydrogen-bond donors (Lipinski definition) is 1. The summed E-state index contributed by atoms with van der Waals surface area (Å²) in [6, 6.07) is 3.36. The largest absolute Gasteiger partial charge is 0.348 e. The minimum atomic E-state index is -0.389. The standard InChI is InChI=1S/C15H11BrClN3O3S/c1-6-10(20-23-19-6)5-24-15-11(7(2)21)14(22)12-9(17)4-3-8(16)13(12)18-15/h3-4H,5H2,1-2H3,(H,18,22). The van der Waals surface area contributed by atoms with Gasteiger partial charge in [0, 0.05) is 10.2 Å². The van der Waals surface area contributed by atoms with Crippen LogP contribution in [0.25, 0.3) is 10.9 Å². The molecule has 6 nitrogen and oxygen atoms in total. The Balaban J connectivity index is 2.17. The van der Waals surface area contributed by atoms with Crippen molar-refractivity contribution < 1.29 is 9.42 Å². The summed E-state index contributed by atoms with van der Waals surface area (Å²) < 4.78 is 5.35. The molecular formula is C15H11BrClN3O3S. The quantitative estimate of drug-likeness (QED) is 0.496. The number of thioether (sulfide) groups is 1. The van der Waals surface area contributed by atoms with Crippen LogP contribution in [0.15, 0.2) is 31.1 Å². The summed E-state index contributed by atoms with van der Waals surface area (Å²) in [5.74, 6) is 0.0848. The van der Waals surface area contributed by atoms with Crippen LogP contribution in [0, 0.1) is 6.92 Å². The van der Waals surface area contributed by atoms with Gasteiger partial charge in [-0.1, -0.05) is 21.9 Å². The molecule has 1 N–H and O–H groups in total. The molecular weight excluding hydrogens is 418 g/mol. The summed E-state index contributed by atoms with van der Waals surface area (Å²) in [4.78, 5) is 27.9. The first kappa shape index (κ1) is 17.2. The Labute approximate surface area is 154 Å². The fourth-order valence-corrected chi connectivity index (χ4v) is 4.02. The van der Waals surface area contributed by atoms with Gasteiger partial charge >= 0.3 is 0 Å². The van der Waals surface area contributed by atoms with Gasteiger partial charge < -0.3 is 4.98 Å². The summed E-state index contributed by atoms with van der Waals surface area (Å²) in [6.45, 7) is 3.13. The Hall–Kier alpha value is -1.64. The van der Waals surface area contributed by atoms with E-state index < -0.39 is 0 Å². The molecule has 9 heteroatoms. The average Bonchev–Trinajstić information content (AvgIpc) is 2.93. The molecule has 0 aliphatic carbocycles. The number of aromatic nitrogens is 3. The van der Waals surface area contributed by atoms with Crippen molar-refractivity contribution in [2.24, 2.45) is 0 Å². The molecule has 0 fully saturated rings. The van der Waals surface area contributed by atoms with Gasteiger partial charge in [0.1, 0.15) is 11.4 Å². The molecule has 0 unspecified atom stereocenters. The zero-order valence-corrected chi connectivity index (χ0v) is 15.8. The van der Waals surface area contributed by atoms with E-state index in [1.54, 1.807) is 19.1 Å². The smallest absolute Gasteiger partial charge is 0.202 e. The fraction of sp³-hybridized carbons (Fsp3) is 0.200. The van der Waals surface area contributed by atoms with Crippen LogP contribution >= 0.6 is 39.3 Å². The van der Waals surface area contributed by atoms with Gasteiger partial charge in [0.2, 0.25) is 5.43 Å². The molecule has 1 aromatic carbocycles. The minimum absolute atomic E-state index is 0.0848. The number of aromatic amines is 1. The number of nitrogens with zero attached hydrogens (tertiary/aromatic N) is 2. The summed E-state index contributed by atoms with van der Waals surface area (Å²) in [5, 5.41) is 8.58. The highest BCUT2D eigenvalue weighted by Gasteiger charge is 2.20. The van der Waals surface area contributed by atoms with Crippen molar-refractivity contribution in [1.82, 2.24) is 15.3 Å². The number of H-pyrrole nitrogens is 1. The predicted octanol–water partition coefficient (Wildman–Crippen LogP) is 4.13. The second-order valence-electron chi connectivity index (χ2n) is 5.08. The third-order valence-electron chi connectivity index (χ3n) is 3.48. The molecule has 0 aliphatic rings. The number of carbonyl (C=O) groups is 1. The molecule has 0 bridgehead atoms. The van der Waals surface area contributed by atoms with Gasteiger partial charge in [0.25, 0.3) is 0 Å². The van der Waals surface area contributed by atoms with E-state index in [4.69, 9.17) is 11.6 Å². The van der Waals surface area contributed by atoms with Crippen LogP contribution in [0.5, 0.6) is 0 Å². The van der Waals surface area contributed by atoms with Gasteiger partial charge in [-0.3, -0.25) is 9.59 Å². The normalized spacial score (nSPS) is 11.2. The lowest BCUT2D eigenvalue weighted by atomic mass is 10.1. The molecule has 0 saturated heterocycles. The number of fused-ring (bicyclic) bond motifs is 1. The number of benzene rings is 1. The molecule has 24 heavy (non-hydrogen) atoms. The minimum Gasteiger partial charge on any atom is -0.348 e. The third-order valence-corrected chi connectivity index (χ3v) is 5.46. The topological polar surface area (TPSA) is 88.8 Å². The number of hydrogen-bond acceptors (Lipinski definition) is 6. The lowest BCUT2D eigenvalue weighted by Crippen LogP contribution is -2.17. The first-order chi connectivity index (χ1) is 11.4. The first-order valence-electron chi connectivity index (χ1n) is 6.86. The first-order valence-corrected chi connectivity index (χ1v) is 9.01. The van der Waals surface area contributed by atoms with E-state index in [0.717, 1.165) is 0 Å². The molecule has 0 saturated carbocycles. The van der Waals surface area contributed by atoms with E-state index in [1.165, 1.54) is 18.7 Å². The van der Waals surface area contributed by atoms with Gasteiger partial charge in [0.15, 0.2) is 5.78 Å². The Morgan fingerprint density at radius 1 is 1.42 bits per heavy atom. The number of ketones is 1. The Bertz CT molecular complexity index is 1020. The van der Waals surface area contributed by atoms with Crippen molar-refractivity contribution in [2.75, 3.05) is 0 Å². The number of nitrogens with one attached hydrogen (secondary N) is 1. The highest BCUT2D eigenvalue weighted by molar-refractivity contribution is 9.10. The van der Waals surface area contributed by atoms with Gasteiger partial charge in [-0.05, 0) is 41.9 Å². The number of pyridine rings is 1. The number of halogens is 2. The zero-order valence-electron chi connectivity index (χ0n) is 12.6. The van der Waals surface area contributed by atoms with E-state index in [1.807, 2.05) is 0 Å². The van der Waals surface area contributed by atoms with E-state index in [0.29, 0.717) is 42.6 Å². The monoisotopic (exact) mass is 427 g/mol. The van der Waals surface area contributed by atoms with Crippen molar-refractivity contribution in [1.29, 1.82) is 0 Å². The second kappa shape index (κ2) is 6.70. The van der Waals surface area contributed by atoms with Crippen LogP contribution in [0.2, 0.25) is 5.02 Å². The van der Waals surface area contributed by atoms with Crippen LogP contribution in [0.3, 0.4) is 0 Å². The van der Waals surface area contributed by atoms with E-state index in [9.17, 15) is 9.59 Å². The predicted molar refractivity (Wildman–Crippen MR) is 95.9 cm³/mol. The van der Waals surface area contributed by atoms with E-state index in [2.05, 4.69) is 35.9 Å². The van der Waals surface area contributed by atoms with Crippen molar-refractivity contribution in [2.45, 2.75) is 24.6 Å². The van der Waals surface area contributed by atoms with Gasteiger partial charge in [-0.15, -0.1) is 11.8 Å². The molecule has 0 atom stereocenters. The molecule has 2 aromatic heterocycles. The maximum Gasteiger partial charge on any atom is 0.202 e. The highest BCUT2D eigenvalue weighted by atomic mass is 79.9. The molecule has 2 heterocycles. The fourth-order valence-electron chi connectivity index (χ4n) is 2.25. The molecule has 0 aliphatic heterocycles. The van der Waals surface area contributed by atoms with Gasteiger partial charge in [-0.2, -0.15) is 0 Å². The van der Waals surface area contributed by atoms with Crippen molar-refractivity contribution >= 4 is 56.0 Å². The number of rotatable bonds is 4. The molecule has 124 valence electrons. The number of aryl methyl sites for hydroxylation is 1. The summed E-state index contributed by atoms with van der Waals surface area (Å²) >= 11 is 10.8. The maximum absolute atomic E-state index is 12.8. The van der Waals surface area contributed by atoms with Gasteiger partial charge in [0.05, 0.1) is 26.5 Å². The Kier molecular flexibility index (Phi) is 4.80. The van der Waals surface area contributed by atoms with Gasteiger partial charge in [-0.25, -0.2) is 4.63 Å². The second-order valence-corrected chi connectivity index (χ2v) is 7.33. The SMILES string of the molecule is CC(=O)c1c(SCc2nonc2C)[nH]c2c(Br)ccc(Cl)c2c1=O. The summed E-state index contributed by atoms with van der Waals surface area (Å²) in [6.07, 6.45) is 0. The molecule has 3 aromatic rings. The average molecular weight is 429 g/mol.